The number of nitrogens with one attached hydrogen (secondary N) is 1. The predicted molar refractivity (Wildman–Crippen MR) is 146 cm³/mol. The van der Waals surface area contributed by atoms with E-state index in [0.29, 0.717) is 18.7 Å². The Kier molecular flexibility index (Phi) is 8.83. The molecule has 2 aromatic rings. The molecule has 8 heteroatoms. The maximum Gasteiger partial charge on any atom is 0.240 e. The van der Waals surface area contributed by atoms with Gasteiger partial charge in [0, 0.05) is 24.0 Å². The minimum atomic E-state index is -3.48. The summed E-state index contributed by atoms with van der Waals surface area (Å²) in [5.41, 5.74) is 5.53. The zero-order valence-corrected chi connectivity index (χ0v) is 23.6. The number of halogens is 1. The van der Waals surface area contributed by atoms with E-state index in [1.54, 1.807) is 0 Å². The lowest BCUT2D eigenvalue weighted by Crippen LogP contribution is -2.26. The summed E-state index contributed by atoms with van der Waals surface area (Å²) in [6.07, 6.45) is 2.80. The van der Waals surface area contributed by atoms with Crippen molar-refractivity contribution in [2.24, 2.45) is 5.10 Å². The van der Waals surface area contributed by atoms with Crippen molar-refractivity contribution in [2.45, 2.75) is 89.4 Å². The maximum atomic E-state index is 13.7. The van der Waals surface area contributed by atoms with Gasteiger partial charge in [-0.1, -0.05) is 53.7 Å². The largest absolute Gasteiger partial charge is 0.493 e. The summed E-state index contributed by atoms with van der Waals surface area (Å²) in [5.74, 6) is -0.149. The monoisotopic (exact) mass is 530 g/mol. The second-order valence-electron chi connectivity index (χ2n) is 10.9. The van der Waals surface area contributed by atoms with Crippen LogP contribution in [0.5, 0.6) is 5.75 Å². The van der Waals surface area contributed by atoms with Crippen molar-refractivity contribution in [2.75, 3.05) is 12.4 Å². The third-order valence-electron chi connectivity index (χ3n) is 7.57. The van der Waals surface area contributed by atoms with Gasteiger partial charge >= 0.3 is 0 Å². The molecule has 3 rings (SSSR count). The van der Waals surface area contributed by atoms with Gasteiger partial charge in [0.2, 0.25) is 5.91 Å². The molecule has 0 aromatic heterocycles. The van der Waals surface area contributed by atoms with Gasteiger partial charge in [-0.2, -0.15) is 5.10 Å². The average molecular weight is 531 g/mol. The molecule has 1 heterocycles. The lowest BCUT2D eigenvalue weighted by molar-refractivity contribution is -0.121. The zero-order chi connectivity index (χ0) is 27.4. The molecule has 0 spiro atoms. The summed E-state index contributed by atoms with van der Waals surface area (Å²) in [6, 6.07) is 9.94. The highest BCUT2D eigenvalue weighted by molar-refractivity contribution is 7.91. The van der Waals surface area contributed by atoms with Gasteiger partial charge in [-0.15, -0.1) is 0 Å². The van der Waals surface area contributed by atoms with E-state index < -0.39 is 15.7 Å². The van der Waals surface area contributed by atoms with Crippen molar-refractivity contribution in [1.82, 2.24) is 5.43 Å². The van der Waals surface area contributed by atoms with E-state index in [1.165, 1.54) is 17.2 Å². The highest BCUT2D eigenvalue weighted by Crippen LogP contribution is 2.38. The fourth-order valence-corrected chi connectivity index (χ4v) is 5.66. The number of benzene rings is 2. The van der Waals surface area contributed by atoms with Gasteiger partial charge in [-0.25, -0.2) is 18.2 Å². The Bertz CT molecular complexity index is 1280. The number of rotatable bonds is 10. The van der Waals surface area contributed by atoms with Gasteiger partial charge in [-0.05, 0) is 59.9 Å². The summed E-state index contributed by atoms with van der Waals surface area (Å²) in [5, 5.41) is 4.11. The fraction of sp³-hybridized carbons (Fsp3) is 0.517. The van der Waals surface area contributed by atoms with E-state index in [2.05, 4.69) is 64.2 Å². The van der Waals surface area contributed by atoms with Crippen LogP contribution in [0.3, 0.4) is 0 Å². The lowest BCUT2D eigenvalue weighted by atomic mass is 9.76. The standard InChI is InChI=1S/C29H39FN2O4S/c1-7-28(3,4)20-11-13-25(23(18-20)29(5,6)8-2)36-16-9-10-27(33)32-31-24-15-17-37(34,35)26-14-12-21(30)19-22(24)26/h11-14,18-19H,7-10,15-17H2,1-6H3,(H,32,33). The summed E-state index contributed by atoms with van der Waals surface area (Å²) < 4.78 is 44.4. The van der Waals surface area contributed by atoms with E-state index in [-0.39, 0.29) is 45.8 Å². The molecule has 202 valence electrons. The van der Waals surface area contributed by atoms with E-state index in [4.69, 9.17) is 4.74 Å². The Morgan fingerprint density at radius 2 is 1.76 bits per heavy atom. The summed E-state index contributed by atoms with van der Waals surface area (Å²) in [7, 11) is -3.48. The molecule has 0 saturated carbocycles. The van der Waals surface area contributed by atoms with Crippen LogP contribution < -0.4 is 10.2 Å². The molecule has 0 saturated heterocycles. The van der Waals surface area contributed by atoms with E-state index in [9.17, 15) is 17.6 Å². The Labute approximate surface area is 220 Å². The van der Waals surface area contributed by atoms with E-state index in [0.717, 1.165) is 30.7 Å². The lowest BCUT2D eigenvalue weighted by Gasteiger charge is -2.30. The molecular formula is C29H39FN2O4S. The van der Waals surface area contributed by atoms with Crippen LogP contribution in [0.25, 0.3) is 0 Å². The van der Waals surface area contributed by atoms with Gasteiger partial charge in [0.25, 0.3) is 0 Å². The highest BCUT2D eigenvalue weighted by Gasteiger charge is 2.29. The van der Waals surface area contributed by atoms with Gasteiger partial charge < -0.3 is 4.74 Å². The van der Waals surface area contributed by atoms with E-state index >= 15 is 0 Å². The number of hydrogen-bond donors (Lipinski definition) is 1. The molecule has 1 N–H and O–H groups in total. The van der Waals surface area contributed by atoms with Gasteiger partial charge in [0.15, 0.2) is 9.84 Å². The van der Waals surface area contributed by atoms with Crippen LogP contribution >= 0.6 is 0 Å². The quantitative estimate of drug-likeness (QED) is 0.230. The smallest absolute Gasteiger partial charge is 0.240 e. The van der Waals surface area contributed by atoms with Crippen LogP contribution in [0, 0.1) is 5.82 Å². The van der Waals surface area contributed by atoms with Crippen molar-refractivity contribution in [3.63, 3.8) is 0 Å². The molecule has 0 radical (unpaired) electrons. The minimum Gasteiger partial charge on any atom is -0.493 e. The summed E-state index contributed by atoms with van der Waals surface area (Å²) in [4.78, 5) is 12.4. The molecule has 1 aliphatic heterocycles. The highest BCUT2D eigenvalue weighted by atomic mass is 32.2. The maximum absolute atomic E-state index is 13.7. The molecule has 0 fully saturated rings. The van der Waals surface area contributed by atoms with Crippen molar-refractivity contribution in [3.05, 3.63) is 58.9 Å². The number of hydrogen-bond acceptors (Lipinski definition) is 5. The SMILES string of the molecule is CCC(C)(C)c1ccc(OCCCC(=O)NN=C2CCS(=O)(=O)c3ccc(F)cc32)c(C(C)(C)CC)c1. The first-order chi connectivity index (χ1) is 17.3. The third-order valence-corrected chi connectivity index (χ3v) is 9.34. The Balaban J connectivity index is 1.62. The molecule has 2 aromatic carbocycles. The number of carbonyl (C=O) groups excluding carboxylic acids is 1. The van der Waals surface area contributed by atoms with Crippen molar-refractivity contribution in [1.29, 1.82) is 0 Å². The van der Waals surface area contributed by atoms with E-state index in [1.807, 2.05) is 6.07 Å². The second kappa shape index (κ2) is 11.3. The van der Waals surface area contributed by atoms with Crippen LogP contribution in [-0.4, -0.2) is 32.4 Å². The molecule has 6 nitrogen and oxygen atoms in total. The first-order valence-corrected chi connectivity index (χ1v) is 14.6. The Morgan fingerprint density at radius 3 is 2.43 bits per heavy atom. The first kappa shape index (κ1) is 28.8. The molecule has 1 amide bonds. The Hall–Kier alpha value is -2.74. The number of fused-ring (bicyclic) bond motifs is 1. The van der Waals surface area contributed by atoms with Gasteiger partial charge in [0.1, 0.15) is 11.6 Å². The van der Waals surface area contributed by atoms with Crippen LogP contribution in [0.1, 0.15) is 90.3 Å². The van der Waals surface area contributed by atoms with Crippen LogP contribution in [0.2, 0.25) is 0 Å². The Morgan fingerprint density at radius 1 is 1.05 bits per heavy atom. The van der Waals surface area contributed by atoms with Crippen LogP contribution in [0.15, 0.2) is 46.4 Å². The number of hydrazone groups is 1. The number of nitrogens with zero attached hydrogens (tertiary/aromatic N) is 1. The molecule has 0 bridgehead atoms. The van der Waals surface area contributed by atoms with Crippen molar-refractivity contribution >= 4 is 21.5 Å². The average Bonchev–Trinajstić information content (AvgIpc) is 2.85. The van der Waals surface area contributed by atoms with Gasteiger partial charge in [-0.3, -0.25) is 4.79 Å². The summed E-state index contributed by atoms with van der Waals surface area (Å²) in [6.45, 7) is 13.7. The first-order valence-electron chi connectivity index (χ1n) is 13.0. The molecule has 0 unspecified atom stereocenters. The van der Waals surface area contributed by atoms with Crippen molar-refractivity contribution < 1.29 is 22.3 Å². The number of carbonyl (C=O) groups is 1. The third kappa shape index (κ3) is 6.78. The van der Waals surface area contributed by atoms with Gasteiger partial charge in [0.05, 0.1) is 23.0 Å². The predicted octanol–water partition coefficient (Wildman–Crippen LogP) is 6.06. The second-order valence-corrected chi connectivity index (χ2v) is 13.0. The molecule has 0 aliphatic carbocycles. The number of amides is 1. The molecular weight excluding hydrogens is 491 g/mol. The topological polar surface area (TPSA) is 84.8 Å². The fourth-order valence-electron chi connectivity index (χ4n) is 4.19. The minimum absolute atomic E-state index is 0.0423. The van der Waals surface area contributed by atoms with Crippen molar-refractivity contribution in [3.8, 4) is 5.75 Å². The molecule has 0 atom stereocenters. The molecule has 1 aliphatic rings. The number of ether oxygens (including phenoxy) is 1. The normalized spacial score (nSPS) is 16.4. The van der Waals surface area contributed by atoms with Crippen LogP contribution in [0.4, 0.5) is 4.39 Å². The number of sulfone groups is 1. The summed E-state index contributed by atoms with van der Waals surface area (Å²) >= 11 is 0. The molecule has 37 heavy (non-hydrogen) atoms. The van der Waals surface area contributed by atoms with Crippen LogP contribution in [-0.2, 0) is 25.5 Å². The zero-order valence-electron chi connectivity index (χ0n) is 22.8.